The van der Waals surface area contributed by atoms with E-state index < -0.39 is 0 Å². The minimum atomic E-state index is -0.0868. The van der Waals surface area contributed by atoms with Crippen molar-refractivity contribution in [3.05, 3.63) is 51.7 Å². The normalized spacial score (nSPS) is 20.9. The van der Waals surface area contributed by atoms with E-state index in [2.05, 4.69) is 38.0 Å². The Bertz CT molecular complexity index is 901. The highest BCUT2D eigenvalue weighted by atomic mass is 79.9. The van der Waals surface area contributed by atoms with Gasteiger partial charge in [0.25, 0.3) is 5.91 Å². The van der Waals surface area contributed by atoms with Crippen LogP contribution in [0, 0.1) is 0 Å². The molecule has 2 fully saturated rings. The first kappa shape index (κ1) is 18.3. The summed E-state index contributed by atoms with van der Waals surface area (Å²) < 4.78 is 11.5. The number of benzene rings is 1. The van der Waals surface area contributed by atoms with Crippen LogP contribution in [0.3, 0.4) is 0 Å². The van der Waals surface area contributed by atoms with E-state index in [0.29, 0.717) is 20.5 Å². The van der Waals surface area contributed by atoms with Crippen LogP contribution in [0.1, 0.15) is 5.76 Å². The van der Waals surface area contributed by atoms with Gasteiger partial charge in [-0.2, -0.15) is 0 Å². The fourth-order valence-corrected chi connectivity index (χ4v) is 4.14. The second-order valence-electron chi connectivity index (χ2n) is 6.13. The van der Waals surface area contributed by atoms with E-state index in [0.717, 1.165) is 37.7 Å². The van der Waals surface area contributed by atoms with Gasteiger partial charge in [-0.25, -0.2) is 4.99 Å². The van der Waals surface area contributed by atoms with Crippen LogP contribution in [0.2, 0.25) is 0 Å². The number of aliphatic imine (C=N–C) groups is 1. The molecule has 1 aromatic carbocycles. The molecule has 4 rings (SSSR count). The summed E-state index contributed by atoms with van der Waals surface area (Å²) in [5.74, 6) is 0.540. The van der Waals surface area contributed by atoms with Crippen molar-refractivity contribution in [2.24, 2.45) is 4.99 Å². The number of hydrogen-bond acceptors (Lipinski definition) is 6. The molecule has 0 N–H and O–H groups in total. The van der Waals surface area contributed by atoms with Crippen LogP contribution in [-0.2, 0) is 9.53 Å². The molecule has 0 unspecified atom stereocenters. The number of amidine groups is 1. The van der Waals surface area contributed by atoms with Crippen molar-refractivity contribution in [3.8, 4) is 0 Å². The van der Waals surface area contributed by atoms with Crippen LogP contribution in [-0.4, -0.2) is 49.3 Å². The van der Waals surface area contributed by atoms with Gasteiger partial charge in [0.2, 0.25) is 0 Å². The zero-order valence-electron chi connectivity index (χ0n) is 14.7. The first-order valence-corrected chi connectivity index (χ1v) is 10.2. The molecule has 140 valence electrons. The van der Waals surface area contributed by atoms with Crippen LogP contribution in [0.5, 0.6) is 0 Å². The number of nitrogens with zero attached hydrogens (tertiary/aromatic N) is 3. The number of anilines is 1. The minimum absolute atomic E-state index is 0.0868. The van der Waals surface area contributed by atoms with E-state index in [4.69, 9.17) is 9.15 Å². The van der Waals surface area contributed by atoms with Gasteiger partial charge in [0.05, 0.1) is 23.8 Å². The highest BCUT2D eigenvalue weighted by molar-refractivity contribution is 9.10. The van der Waals surface area contributed by atoms with Gasteiger partial charge in [0.15, 0.2) is 9.84 Å². The number of rotatable bonds is 3. The fourth-order valence-electron chi connectivity index (χ4n) is 2.86. The number of morpholine rings is 1. The van der Waals surface area contributed by atoms with Gasteiger partial charge < -0.3 is 14.1 Å². The van der Waals surface area contributed by atoms with E-state index >= 15 is 0 Å². The lowest BCUT2D eigenvalue weighted by Crippen LogP contribution is -2.36. The lowest BCUT2D eigenvalue weighted by Gasteiger charge is -2.28. The fraction of sp³-hybridized carbons (Fsp3) is 0.263. The van der Waals surface area contributed by atoms with Crippen molar-refractivity contribution in [1.82, 2.24) is 4.90 Å². The molecule has 0 atom stereocenters. The van der Waals surface area contributed by atoms with Gasteiger partial charge in [0.1, 0.15) is 5.76 Å². The van der Waals surface area contributed by atoms with Gasteiger partial charge in [-0.15, -0.1) is 0 Å². The largest absolute Gasteiger partial charge is 0.450 e. The molecule has 6 nitrogen and oxygen atoms in total. The number of amides is 1. The summed E-state index contributed by atoms with van der Waals surface area (Å²) in [4.78, 5) is 21.5. The molecule has 27 heavy (non-hydrogen) atoms. The number of halogens is 1. The van der Waals surface area contributed by atoms with E-state index in [-0.39, 0.29) is 5.91 Å². The summed E-state index contributed by atoms with van der Waals surface area (Å²) in [5.41, 5.74) is 1.98. The molecule has 8 heteroatoms. The first-order valence-electron chi connectivity index (χ1n) is 8.54. The molecule has 0 bridgehead atoms. The molecule has 1 amide bonds. The molecule has 2 aliphatic heterocycles. The van der Waals surface area contributed by atoms with Crippen LogP contribution >= 0.6 is 27.7 Å². The molecule has 0 saturated carbocycles. The maximum atomic E-state index is 12.5. The number of hydrogen-bond donors (Lipinski definition) is 0. The Hall–Kier alpha value is -2.03. The summed E-state index contributed by atoms with van der Waals surface area (Å²) in [6.45, 7) is 3.32. The molecule has 2 saturated heterocycles. The monoisotopic (exact) mass is 447 g/mol. The molecule has 1 aromatic heterocycles. The Labute approximate surface area is 170 Å². The average molecular weight is 448 g/mol. The zero-order valence-corrected chi connectivity index (χ0v) is 17.1. The van der Waals surface area contributed by atoms with Gasteiger partial charge in [-0.1, -0.05) is 0 Å². The van der Waals surface area contributed by atoms with Crippen LogP contribution in [0.25, 0.3) is 6.08 Å². The van der Waals surface area contributed by atoms with E-state index in [1.54, 1.807) is 24.1 Å². The van der Waals surface area contributed by atoms with Crippen molar-refractivity contribution in [1.29, 1.82) is 0 Å². The Morgan fingerprint density at radius 1 is 1.15 bits per heavy atom. The van der Waals surface area contributed by atoms with Crippen molar-refractivity contribution in [2.75, 3.05) is 38.3 Å². The number of carbonyl (C=O) groups excluding carboxylic acids is 1. The number of carbonyl (C=O) groups is 1. The first-order chi connectivity index (χ1) is 13.1. The van der Waals surface area contributed by atoms with Gasteiger partial charge in [-0.05, 0) is 64.1 Å². The Morgan fingerprint density at radius 3 is 2.56 bits per heavy atom. The zero-order chi connectivity index (χ0) is 18.8. The van der Waals surface area contributed by atoms with E-state index in [1.807, 2.05) is 18.2 Å². The van der Waals surface area contributed by atoms with Gasteiger partial charge >= 0.3 is 0 Å². The molecular weight excluding hydrogens is 430 g/mol. The summed E-state index contributed by atoms with van der Waals surface area (Å²) >= 11 is 4.61. The molecule has 0 radical (unpaired) electrons. The third-order valence-corrected chi connectivity index (χ3v) is 5.81. The Balaban J connectivity index is 1.51. The van der Waals surface area contributed by atoms with Crippen LogP contribution in [0.15, 0.2) is 55.4 Å². The maximum Gasteiger partial charge on any atom is 0.266 e. The predicted octanol–water partition coefficient (Wildman–Crippen LogP) is 4.11. The highest BCUT2D eigenvalue weighted by Crippen LogP contribution is 2.34. The lowest BCUT2D eigenvalue weighted by atomic mass is 10.2. The number of ether oxygens (including phenoxy) is 1. The number of furan rings is 1. The molecule has 3 heterocycles. The van der Waals surface area contributed by atoms with Gasteiger partial charge in [0, 0.05) is 31.9 Å². The van der Waals surface area contributed by atoms with Crippen molar-refractivity contribution >= 4 is 56.2 Å². The third kappa shape index (κ3) is 4.12. The van der Waals surface area contributed by atoms with E-state index in [1.165, 1.54) is 11.8 Å². The highest BCUT2D eigenvalue weighted by Gasteiger charge is 2.30. The standard InChI is InChI=1S/C19H18BrN3O3S/c1-22-18(24)16(12-15-6-7-17(20)26-15)27-19(22)21-13-2-4-14(5-3-13)23-8-10-25-11-9-23/h2-7,12H,8-11H2,1H3/b16-12+,21-19?. The molecule has 0 spiro atoms. The maximum absolute atomic E-state index is 12.5. The van der Waals surface area contributed by atoms with Crippen LogP contribution < -0.4 is 4.90 Å². The SMILES string of the molecule is CN1C(=O)/C(=C\c2ccc(Br)o2)SC1=Nc1ccc(N2CCOCC2)cc1. The second-order valence-corrected chi connectivity index (χ2v) is 7.92. The minimum Gasteiger partial charge on any atom is -0.450 e. The second kappa shape index (κ2) is 7.92. The smallest absolute Gasteiger partial charge is 0.266 e. The quantitative estimate of drug-likeness (QED) is 0.662. The van der Waals surface area contributed by atoms with Crippen molar-refractivity contribution < 1.29 is 13.9 Å². The van der Waals surface area contributed by atoms with Gasteiger partial charge in [-0.3, -0.25) is 9.69 Å². The topological polar surface area (TPSA) is 58.3 Å². The molecule has 2 aliphatic rings. The average Bonchev–Trinajstić information content (AvgIpc) is 3.22. The summed E-state index contributed by atoms with van der Waals surface area (Å²) in [7, 11) is 1.73. The van der Waals surface area contributed by atoms with Crippen LogP contribution in [0.4, 0.5) is 11.4 Å². The Morgan fingerprint density at radius 2 is 1.89 bits per heavy atom. The molecule has 0 aliphatic carbocycles. The summed E-state index contributed by atoms with van der Waals surface area (Å²) in [5, 5.41) is 0.649. The van der Waals surface area contributed by atoms with E-state index in [9.17, 15) is 4.79 Å². The number of likely N-dealkylation sites (N-methyl/N-ethyl adjacent to an activating group) is 1. The Kier molecular flexibility index (Phi) is 5.38. The number of thioether (sulfide) groups is 1. The van der Waals surface area contributed by atoms with Crippen molar-refractivity contribution in [2.45, 2.75) is 0 Å². The summed E-state index contributed by atoms with van der Waals surface area (Å²) in [6, 6.07) is 11.7. The third-order valence-electron chi connectivity index (χ3n) is 4.32. The van der Waals surface area contributed by atoms with Crippen molar-refractivity contribution in [3.63, 3.8) is 0 Å². The lowest BCUT2D eigenvalue weighted by molar-refractivity contribution is -0.121. The predicted molar refractivity (Wildman–Crippen MR) is 111 cm³/mol. The molecule has 2 aromatic rings. The summed E-state index contributed by atoms with van der Waals surface area (Å²) in [6.07, 6.45) is 1.73. The molecular formula is C19H18BrN3O3S.